The first-order chi connectivity index (χ1) is 14.6. The van der Waals surface area contributed by atoms with Crippen LogP contribution < -0.4 is 14.8 Å². The molecule has 172 valence electrons. The molecule has 1 fully saturated rings. The van der Waals surface area contributed by atoms with E-state index < -0.39 is 6.61 Å². The lowest BCUT2D eigenvalue weighted by atomic mass is 10.2. The second-order valence-electron chi connectivity index (χ2n) is 6.78. The molecule has 3 rings (SSSR count). The van der Waals surface area contributed by atoms with Gasteiger partial charge in [-0.2, -0.15) is 8.78 Å². The first-order valence-electron chi connectivity index (χ1n) is 9.85. The molecular weight excluding hydrogens is 523 g/mol. The molecule has 1 aliphatic rings. The molecule has 0 bridgehead atoms. The molecule has 1 aromatic carbocycles. The predicted octanol–water partition coefficient (Wildman–Crippen LogP) is 3.19. The summed E-state index contributed by atoms with van der Waals surface area (Å²) in [6, 6.07) is 6.72. The lowest BCUT2D eigenvalue weighted by Gasteiger charge is -2.36. The van der Waals surface area contributed by atoms with Gasteiger partial charge in [0.2, 0.25) is 0 Å². The van der Waals surface area contributed by atoms with Crippen molar-refractivity contribution in [2.75, 3.05) is 39.8 Å². The quantitative estimate of drug-likeness (QED) is 0.307. The van der Waals surface area contributed by atoms with Gasteiger partial charge in [-0.25, -0.2) is 4.99 Å². The predicted molar refractivity (Wildman–Crippen MR) is 123 cm³/mol. The van der Waals surface area contributed by atoms with E-state index in [-0.39, 0.29) is 36.3 Å². The molecule has 0 aliphatic carbocycles. The van der Waals surface area contributed by atoms with Crippen molar-refractivity contribution < 1.29 is 22.8 Å². The Bertz CT molecular complexity index is 815. The van der Waals surface area contributed by atoms with Crippen molar-refractivity contribution >= 4 is 29.9 Å². The van der Waals surface area contributed by atoms with Gasteiger partial charge in [-0.1, -0.05) is 5.16 Å². The van der Waals surface area contributed by atoms with E-state index in [1.165, 1.54) is 13.2 Å². The molecule has 1 saturated heterocycles. The average Bonchev–Trinajstić information content (AvgIpc) is 3.25. The lowest BCUT2D eigenvalue weighted by Crippen LogP contribution is -2.52. The van der Waals surface area contributed by atoms with Crippen LogP contribution >= 0.6 is 24.0 Å². The van der Waals surface area contributed by atoms with E-state index in [9.17, 15) is 8.78 Å². The maximum Gasteiger partial charge on any atom is 0.387 e. The minimum Gasteiger partial charge on any atom is -0.497 e. The third kappa shape index (κ3) is 7.49. The molecule has 0 saturated carbocycles. The summed E-state index contributed by atoms with van der Waals surface area (Å²) in [4.78, 5) is 9.12. The maximum atomic E-state index is 12.8. The number of ether oxygens (including phenoxy) is 2. The Kier molecular flexibility index (Phi) is 10.2. The first kappa shape index (κ1) is 25.1. The number of benzene rings is 1. The van der Waals surface area contributed by atoms with E-state index in [1.54, 1.807) is 18.4 Å². The molecule has 0 atom stereocenters. The standard InChI is InChI=1S/C20H27F2N5O3.HI/c1-3-23-20(27-9-7-26(8-10-27)14-16-6-11-29-25-16)24-13-15-4-5-17(28-2)12-18(15)30-19(21)22;/h4-6,11-12,19H,3,7-10,13-14H2,1-2H3,(H,23,24);1H. The Balaban J connectivity index is 0.00000341. The SMILES string of the molecule is CCNC(=NCc1ccc(OC)cc1OC(F)F)N1CCN(Cc2ccon2)CC1.I. The van der Waals surface area contributed by atoms with E-state index in [1.807, 2.05) is 13.0 Å². The number of piperazine rings is 1. The fourth-order valence-corrected chi connectivity index (χ4v) is 3.25. The summed E-state index contributed by atoms with van der Waals surface area (Å²) in [5, 5.41) is 7.24. The van der Waals surface area contributed by atoms with Gasteiger partial charge in [0, 0.05) is 57.0 Å². The Hall–Kier alpha value is -2.15. The van der Waals surface area contributed by atoms with E-state index >= 15 is 0 Å². The highest BCUT2D eigenvalue weighted by Gasteiger charge is 2.20. The lowest BCUT2D eigenvalue weighted by molar-refractivity contribution is -0.0505. The van der Waals surface area contributed by atoms with Crippen LogP contribution in [0.4, 0.5) is 8.78 Å². The third-order valence-corrected chi connectivity index (χ3v) is 4.77. The van der Waals surface area contributed by atoms with Crippen LogP contribution in [0.25, 0.3) is 0 Å². The maximum absolute atomic E-state index is 12.8. The summed E-state index contributed by atoms with van der Waals surface area (Å²) in [6.45, 7) is 4.08. The van der Waals surface area contributed by atoms with E-state index in [4.69, 9.17) is 9.26 Å². The summed E-state index contributed by atoms with van der Waals surface area (Å²) in [5.41, 5.74) is 1.48. The topological polar surface area (TPSA) is 75.4 Å². The second-order valence-corrected chi connectivity index (χ2v) is 6.78. The van der Waals surface area contributed by atoms with Crippen molar-refractivity contribution in [1.29, 1.82) is 0 Å². The average molecular weight is 551 g/mol. The largest absolute Gasteiger partial charge is 0.497 e. The van der Waals surface area contributed by atoms with E-state index in [2.05, 4.69) is 30.0 Å². The summed E-state index contributed by atoms with van der Waals surface area (Å²) >= 11 is 0. The molecule has 2 heterocycles. The zero-order chi connectivity index (χ0) is 21.3. The number of guanidine groups is 1. The summed E-state index contributed by atoms with van der Waals surface area (Å²) < 4.78 is 40.2. The number of rotatable bonds is 8. The van der Waals surface area contributed by atoms with Crippen molar-refractivity contribution in [3.05, 3.63) is 41.8 Å². The van der Waals surface area contributed by atoms with Crippen LogP contribution in [0.15, 0.2) is 40.0 Å². The molecule has 0 radical (unpaired) electrons. The Morgan fingerprint density at radius 2 is 2.03 bits per heavy atom. The number of aromatic nitrogens is 1. The Morgan fingerprint density at radius 3 is 2.65 bits per heavy atom. The van der Waals surface area contributed by atoms with Crippen LogP contribution in [0, 0.1) is 0 Å². The highest BCUT2D eigenvalue weighted by atomic mass is 127. The van der Waals surface area contributed by atoms with Crippen molar-refractivity contribution in [2.24, 2.45) is 4.99 Å². The molecule has 11 heteroatoms. The Morgan fingerprint density at radius 1 is 1.26 bits per heavy atom. The smallest absolute Gasteiger partial charge is 0.387 e. The minimum atomic E-state index is -2.91. The molecule has 0 spiro atoms. The number of hydrogen-bond acceptors (Lipinski definition) is 6. The number of aliphatic imine (C=N–C) groups is 1. The molecule has 1 N–H and O–H groups in total. The van der Waals surface area contributed by atoms with Crippen LogP contribution in [0.1, 0.15) is 18.2 Å². The van der Waals surface area contributed by atoms with Crippen LogP contribution in [0.2, 0.25) is 0 Å². The van der Waals surface area contributed by atoms with Gasteiger partial charge < -0.3 is 24.2 Å². The number of halogens is 3. The number of nitrogens with one attached hydrogen (secondary N) is 1. The number of nitrogens with zero attached hydrogens (tertiary/aromatic N) is 4. The number of hydrogen-bond donors (Lipinski definition) is 1. The van der Waals surface area contributed by atoms with E-state index in [0.29, 0.717) is 17.9 Å². The Labute approximate surface area is 197 Å². The fraction of sp³-hybridized carbons (Fsp3) is 0.500. The summed E-state index contributed by atoms with van der Waals surface area (Å²) in [6.07, 6.45) is 1.58. The van der Waals surface area contributed by atoms with Crippen LogP contribution in [0.3, 0.4) is 0 Å². The molecule has 1 aliphatic heterocycles. The van der Waals surface area contributed by atoms with Gasteiger partial charge in [0.05, 0.1) is 19.3 Å². The molecule has 0 unspecified atom stereocenters. The van der Waals surface area contributed by atoms with Crippen molar-refractivity contribution in [1.82, 2.24) is 20.3 Å². The highest BCUT2D eigenvalue weighted by molar-refractivity contribution is 14.0. The highest BCUT2D eigenvalue weighted by Crippen LogP contribution is 2.27. The van der Waals surface area contributed by atoms with E-state index in [0.717, 1.165) is 44.4 Å². The van der Waals surface area contributed by atoms with Gasteiger partial charge in [-0.3, -0.25) is 4.90 Å². The van der Waals surface area contributed by atoms with Crippen LogP contribution in [0.5, 0.6) is 11.5 Å². The van der Waals surface area contributed by atoms with Crippen molar-refractivity contribution in [3.63, 3.8) is 0 Å². The van der Waals surface area contributed by atoms with Crippen molar-refractivity contribution in [2.45, 2.75) is 26.6 Å². The first-order valence-corrected chi connectivity index (χ1v) is 9.85. The van der Waals surface area contributed by atoms with Gasteiger partial charge in [-0.15, -0.1) is 24.0 Å². The molecule has 8 nitrogen and oxygen atoms in total. The third-order valence-electron chi connectivity index (χ3n) is 4.77. The molecule has 31 heavy (non-hydrogen) atoms. The van der Waals surface area contributed by atoms with Crippen LogP contribution in [-0.4, -0.2) is 67.4 Å². The fourth-order valence-electron chi connectivity index (χ4n) is 3.25. The van der Waals surface area contributed by atoms with Crippen LogP contribution in [-0.2, 0) is 13.1 Å². The zero-order valence-corrected chi connectivity index (χ0v) is 19.9. The van der Waals surface area contributed by atoms with Gasteiger partial charge in [0.15, 0.2) is 5.96 Å². The number of alkyl halides is 2. The zero-order valence-electron chi connectivity index (χ0n) is 17.6. The molecule has 2 aromatic rings. The minimum absolute atomic E-state index is 0. The molecular formula is C20H28F2IN5O3. The summed E-state index contributed by atoms with van der Waals surface area (Å²) in [5.74, 6) is 1.27. The van der Waals surface area contributed by atoms with Crippen molar-refractivity contribution in [3.8, 4) is 11.5 Å². The second kappa shape index (κ2) is 12.6. The van der Waals surface area contributed by atoms with Gasteiger partial charge in [-0.05, 0) is 19.1 Å². The van der Waals surface area contributed by atoms with Gasteiger partial charge in [0.1, 0.15) is 17.8 Å². The van der Waals surface area contributed by atoms with Gasteiger partial charge in [0.25, 0.3) is 0 Å². The number of methoxy groups -OCH3 is 1. The molecule has 1 aromatic heterocycles. The molecule has 0 amide bonds. The normalized spacial score (nSPS) is 15.0. The summed E-state index contributed by atoms with van der Waals surface area (Å²) in [7, 11) is 1.48. The monoisotopic (exact) mass is 551 g/mol. The van der Waals surface area contributed by atoms with Gasteiger partial charge >= 0.3 is 6.61 Å².